The average Bonchev–Trinajstić information content (AvgIpc) is 2.75. The second-order valence-electron chi connectivity index (χ2n) is 8.53. The van der Waals surface area contributed by atoms with Crippen LogP contribution < -0.4 is 15.5 Å². The summed E-state index contributed by atoms with van der Waals surface area (Å²) < 4.78 is 20.1. The molecule has 0 aromatic heterocycles. The molecule has 2 aromatic carbocycles. The van der Waals surface area contributed by atoms with Gasteiger partial charge in [0.25, 0.3) is 0 Å². The number of carboxylic acid groups (broad SMARTS) is 1. The van der Waals surface area contributed by atoms with Crippen molar-refractivity contribution in [2.45, 2.75) is 51.3 Å². The maximum atomic E-state index is 14.2. The minimum Gasteiger partial charge on any atom is -0.481 e. The van der Waals surface area contributed by atoms with Crippen LogP contribution in [-0.4, -0.2) is 42.0 Å². The molecule has 1 heterocycles. The topological polar surface area (TPSA) is 90.9 Å². The number of carbonyl (C=O) groups excluding carboxylic acids is 1. The quantitative estimate of drug-likeness (QED) is 0.509. The van der Waals surface area contributed by atoms with Gasteiger partial charge in [-0.2, -0.15) is 0 Å². The van der Waals surface area contributed by atoms with Gasteiger partial charge in [-0.1, -0.05) is 36.7 Å². The Labute approximate surface area is 197 Å². The van der Waals surface area contributed by atoms with Crippen LogP contribution in [0.3, 0.4) is 0 Å². The lowest BCUT2D eigenvalue weighted by Crippen LogP contribution is -2.65. The molecule has 0 aliphatic carbocycles. The van der Waals surface area contributed by atoms with Gasteiger partial charge < -0.3 is 25.4 Å². The van der Waals surface area contributed by atoms with Gasteiger partial charge in [0.05, 0.1) is 18.7 Å². The molecule has 0 bridgehead atoms. The number of ether oxygens (including phenoxy) is 1. The van der Waals surface area contributed by atoms with Gasteiger partial charge in [0.1, 0.15) is 17.6 Å². The summed E-state index contributed by atoms with van der Waals surface area (Å²) in [5.41, 5.74) is 0.974. The van der Waals surface area contributed by atoms with Crippen LogP contribution in [0.15, 0.2) is 42.5 Å². The minimum absolute atomic E-state index is 0.00545. The van der Waals surface area contributed by atoms with Gasteiger partial charge in [-0.3, -0.25) is 4.79 Å². The van der Waals surface area contributed by atoms with Crippen molar-refractivity contribution in [3.63, 3.8) is 0 Å². The standard InChI is InChI=1S/C24H29ClFN3O4/c1-4-15(13-21(30)31)17-7-5-6-8-20(17)29-11-12-33-24(2,3)22(29)28-23(32)27-19-10-9-16(25)14-18(19)26/h5-10,14-15,22H,4,11-13H2,1-3H3,(H,30,31)(H2,27,28,32). The van der Waals surface area contributed by atoms with Crippen molar-refractivity contribution in [2.75, 3.05) is 23.4 Å². The fourth-order valence-corrected chi connectivity index (χ4v) is 4.31. The lowest BCUT2D eigenvalue weighted by molar-refractivity contribution is -0.137. The number of urea groups is 1. The van der Waals surface area contributed by atoms with Crippen molar-refractivity contribution in [2.24, 2.45) is 0 Å². The molecule has 2 aromatic rings. The molecule has 1 aliphatic rings. The van der Waals surface area contributed by atoms with E-state index in [0.29, 0.717) is 19.6 Å². The van der Waals surface area contributed by atoms with Gasteiger partial charge in [-0.15, -0.1) is 0 Å². The second-order valence-corrected chi connectivity index (χ2v) is 8.97. The van der Waals surface area contributed by atoms with E-state index in [1.54, 1.807) is 0 Å². The molecule has 2 unspecified atom stereocenters. The Hall–Kier alpha value is -2.84. The molecule has 9 heteroatoms. The number of carboxylic acids is 1. The summed E-state index contributed by atoms with van der Waals surface area (Å²) in [6, 6.07) is 11.0. The van der Waals surface area contributed by atoms with Crippen molar-refractivity contribution in [1.29, 1.82) is 0 Å². The van der Waals surface area contributed by atoms with E-state index in [9.17, 15) is 19.1 Å². The van der Waals surface area contributed by atoms with E-state index in [0.717, 1.165) is 17.3 Å². The molecule has 1 saturated heterocycles. The van der Waals surface area contributed by atoms with Crippen LogP contribution in [-0.2, 0) is 9.53 Å². The van der Waals surface area contributed by atoms with Gasteiger partial charge in [0.15, 0.2) is 0 Å². The van der Waals surface area contributed by atoms with Crippen LogP contribution in [0.25, 0.3) is 0 Å². The zero-order valence-corrected chi connectivity index (χ0v) is 19.7. The molecule has 7 nitrogen and oxygen atoms in total. The van der Waals surface area contributed by atoms with Crippen LogP contribution in [0, 0.1) is 5.82 Å². The monoisotopic (exact) mass is 477 g/mol. The van der Waals surface area contributed by atoms with E-state index in [2.05, 4.69) is 10.6 Å². The Morgan fingerprint density at radius 3 is 2.70 bits per heavy atom. The first-order chi connectivity index (χ1) is 15.6. The summed E-state index contributed by atoms with van der Waals surface area (Å²) in [5.74, 6) is -1.68. The zero-order valence-electron chi connectivity index (χ0n) is 18.9. The summed E-state index contributed by atoms with van der Waals surface area (Å²) in [7, 11) is 0. The first kappa shape index (κ1) is 24.8. The molecule has 2 amide bonds. The van der Waals surface area contributed by atoms with Crippen LogP contribution in [0.4, 0.5) is 20.6 Å². The number of amides is 2. The number of nitrogens with one attached hydrogen (secondary N) is 2. The third-order valence-corrected chi connectivity index (χ3v) is 6.06. The van der Waals surface area contributed by atoms with E-state index in [1.807, 2.05) is 49.9 Å². The Morgan fingerprint density at radius 2 is 2.03 bits per heavy atom. The Balaban J connectivity index is 1.90. The van der Waals surface area contributed by atoms with Gasteiger partial charge in [0.2, 0.25) is 0 Å². The number of rotatable bonds is 7. The van der Waals surface area contributed by atoms with Gasteiger partial charge >= 0.3 is 12.0 Å². The SMILES string of the molecule is CCC(CC(=O)O)c1ccccc1N1CCOC(C)(C)C1NC(=O)Nc1ccc(Cl)cc1F. The first-order valence-corrected chi connectivity index (χ1v) is 11.2. The van der Waals surface area contributed by atoms with Crippen molar-refractivity contribution in [3.05, 3.63) is 58.9 Å². The number of halogens is 2. The van der Waals surface area contributed by atoms with E-state index >= 15 is 0 Å². The maximum absolute atomic E-state index is 14.2. The molecule has 33 heavy (non-hydrogen) atoms. The van der Waals surface area contributed by atoms with Crippen LogP contribution in [0.1, 0.15) is 45.1 Å². The highest BCUT2D eigenvalue weighted by Gasteiger charge is 2.41. The van der Waals surface area contributed by atoms with Crippen LogP contribution in [0.5, 0.6) is 0 Å². The molecule has 1 aliphatic heterocycles. The van der Waals surface area contributed by atoms with Gasteiger partial charge in [0, 0.05) is 17.3 Å². The number of carbonyl (C=O) groups is 2. The Morgan fingerprint density at radius 1 is 1.30 bits per heavy atom. The molecular formula is C24H29ClFN3O4. The number of benzene rings is 2. The molecule has 1 fully saturated rings. The van der Waals surface area contributed by atoms with Gasteiger partial charge in [-0.25, -0.2) is 9.18 Å². The van der Waals surface area contributed by atoms with E-state index in [4.69, 9.17) is 16.3 Å². The number of nitrogens with zero attached hydrogens (tertiary/aromatic N) is 1. The average molecular weight is 478 g/mol. The predicted molar refractivity (Wildman–Crippen MR) is 126 cm³/mol. The highest BCUT2D eigenvalue weighted by atomic mass is 35.5. The summed E-state index contributed by atoms with van der Waals surface area (Å²) in [6.45, 7) is 6.61. The molecule has 3 rings (SSSR count). The number of hydrogen-bond acceptors (Lipinski definition) is 4. The summed E-state index contributed by atoms with van der Waals surface area (Å²) in [4.78, 5) is 26.3. The van der Waals surface area contributed by atoms with Crippen molar-refractivity contribution < 1.29 is 23.8 Å². The largest absolute Gasteiger partial charge is 0.481 e. The lowest BCUT2D eigenvalue weighted by Gasteiger charge is -2.48. The normalized spacial score (nSPS) is 18.5. The molecule has 2 atom stereocenters. The molecular weight excluding hydrogens is 449 g/mol. The highest BCUT2D eigenvalue weighted by molar-refractivity contribution is 6.30. The summed E-state index contributed by atoms with van der Waals surface area (Å²) in [6.07, 6.45) is 0.0753. The first-order valence-electron chi connectivity index (χ1n) is 10.9. The Kier molecular flexibility index (Phi) is 7.81. The van der Waals surface area contributed by atoms with Crippen molar-refractivity contribution >= 4 is 35.0 Å². The van der Waals surface area contributed by atoms with Crippen LogP contribution >= 0.6 is 11.6 Å². The highest BCUT2D eigenvalue weighted by Crippen LogP contribution is 2.36. The van der Waals surface area contributed by atoms with E-state index in [-0.39, 0.29) is 23.0 Å². The smallest absolute Gasteiger partial charge is 0.321 e. The van der Waals surface area contributed by atoms with Crippen molar-refractivity contribution in [3.8, 4) is 0 Å². The molecule has 0 saturated carbocycles. The minimum atomic E-state index is -0.863. The number of anilines is 2. The van der Waals surface area contributed by atoms with E-state index < -0.39 is 29.6 Å². The Bertz CT molecular complexity index is 1020. The predicted octanol–water partition coefficient (Wildman–Crippen LogP) is 5.21. The number of morpholine rings is 1. The zero-order chi connectivity index (χ0) is 24.2. The summed E-state index contributed by atoms with van der Waals surface area (Å²) >= 11 is 5.79. The number of aliphatic carboxylic acids is 1. The van der Waals surface area contributed by atoms with Crippen molar-refractivity contribution in [1.82, 2.24) is 5.32 Å². The third kappa shape index (κ3) is 5.94. The second kappa shape index (κ2) is 10.4. The third-order valence-electron chi connectivity index (χ3n) is 5.82. The fraction of sp³-hybridized carbons (Fsp3) is 0.417. The molecule has 178 valence electrons. The molecule has 0 spiro atoms. The lowest BCUT2D eigenvalue weighted by atomic mass is 9.90. The maximum Gasteiger partial charge on any atom is 0.321 e. The number of para-hydroxylation sites is 1. The van der Waals surface area contributed by atoms with Crippen LogP contribution in [0.2, 0.25) is 5.02 Å². The molecule has 0 radical (unpaired) electrons. The van der Waals surface area contributed by atoms with Gasteiger partial charge in [-0.05, 0) is 56.0 Å². The number of hydrogen-bond donors (Lipinski definition) is 3. The molecule has 3 N–H and O–H groups in total. The van der Waals surface area contributed by atoms with E-state index in [1.165, 1.54) is 12.1 Å². The summed E-state index contributed by atoms with van der Waals surface area (Å²) in [5, 5.41) is 15.0. The fourth-order valence-electron chi connectivity index (χ4n) is 4.15.